The van der Waals surface area contributed by atoms with Crippen molar-refractivity contribution in [2.45, 2.75) is 11.8 Å². The molecule has 0 N–H and O–H groups in total. The Labute approximate surface area is 117 Å². The molecule has 0 amide bonds. The molecular weight excluding hydrogens is 316 g/mol. The topological polar surface area (TPSA) is 17.1 Å². The molecule has 0 saturated carbocycles. The molecule has 4 heteroatoms. The molecule has 2 aromatic rings. The van der Waals surface area contributed by atoms with Crippen LogP contribution in [-0.2, 0) is 0 Å². The van der Waals surface area contributed by atoms with Gasteiger partial charge >= 0.3 is 0 Å². The lowest BCUT2D eigenvalue weighted by molar-refractivity contribution is 0.102. The molecule has 0 aliphatic carbocycles. The number of Topliss-reactive ketones (excluding diaryl/α,β-unsaturated/α-hetero) is 1. The van der Waals surface area contributed by atoms with Crippen LogP contribution in [0, 0.1) is 6.92 Å². The molecule has 0 bridgehead atoms. The number of thioether (sulfide) groups is 1. The molecule has 0 fully saturated rings. The fourth-order valence-electron chi connectivity index (χ4n) is 1.41. The minimum absolute atomic E-state index is 0.179. The minimum atomic E-state index is 0.179. The maximum Gasteiger partial charge on any atom is 0.184 e. The lowest BCUT2D eigenvalue weighted by Crippen LogP contribution is -2.00. The van der Waals surface area contributed by atoms with E-state index in [1.54, 1.807) is 11.8 Å². The number of rotatable bonds is 4. The summed E-state index contributed by atoms with van der Waals surface area (Å²) in [6.45, 7) is 2.06. The highest BCUT2D eigenvalue weighted by Gasteiger charge is 2.11. The van der Waals surface area contributed by atoms with Crippen molar-refractivity contribution in [3.05, 3.63) is 50.6 Å². The standard InChI is InChI=1S/C13H11BrOS2/c1-9-3-2-4-10(7-9)17-8-12(15)13-11(14)5-6-16-13/h2-7H,8H2,1H3. The third-order valence-corrected chi connectivity index (χ3v) is 5.10. The normalized spacial score (nSPS) is 10.5. The largest absolute Gasteiger partial charge is 0.292 e. The van der Waals surface area contributed by atoms with E-state index in [2.05, 4.69) is 35.0 Å². The molecule has 0 saturated heterocycles. The molecule has 0 aliphatic rings. The average molecular weight is 327 g/mol. The van der Waals surface area contributed by atoms with Gasteiger partial charge in [-0.3, -0.25) is 4.79 Å². The highest BCUT2D eigenvalue weighted by atomic mass is 79.9. The van der Waals surface area contributed by atoms with Crippen LogP contribution in [-0.4, -0.2) is 11.5 Å². The van der Waals surface area contributed by atoms with E-state index in [9.17, 15) is 4.79 Å². The number of carbonyl (C=O) groups is 1. The van der Waals surface area contributed by atoms with Crippen LogP contribution in [0.1, 0.15) is 15.2 Å². The third-order valence-electron chi connectivity index (χ3n) is 2.23. The maximum absolute atomic E-state index is 11.9. The summed E-state index contributed by atoms with van der Waals surface area (Å²) in [6, 6.07) is 10.1. The summed E-state index contributed by atoms with van der Waals surface area (Å²) in [5.41, 5.74) is 1.22. The number of aryl methyl sites for hydroxylation is 1. The molecule has 1 heterocycles. The third kappa shape index (κ3) is 3.44. The lowest BCUT2D eigenvalue weighted by Gasteiger charge is -2.01. The van der Waals surface area contributed by atoms with Crippen molar-refractivity contribution in [2.24, 2.45) is 0 Å². The predicted octanol–water partition coefficient (Wildman–Crippen LogP) is 4.79. The molecule has 17 heavy (non-hydrogen) atoms. The molecule has 0 spiro atoms. The Morgan fingerprint density at radius 1 is 1.41 bits per heavy atom. The van der Waals surface area contributed by atoms with E-state index in [0.29, 0.717) is 5.75 Å². The smallest absolute Gasteiger partial charge is 0.184 e. The van der Waals surface area contributed by atoms with Gasteiger partial charge in [0.15, 0.2) is 5.78 Å². The van der Waals surface area contributed by atoms with E-state index in [4.69, 9.17) is 0 Å². The van der Waals surface area contributed by atoms with Crippen LogP contribution in [0.3, 0.4) is 0 Å². The minimum Gasteiger partial charge on any atom is -0.292 e. The number of hydrogen-bond donors (Lipinski definition) is 0. The molecule has 0 aliphatic heterocycles. The summed E-state index contributed by atoms with van der Waals surface area (Å²) in [4.78, 5) is 13.9. The molecule has 1 aromatic carbocycles. The Balaban J connectivity index is 1.99. The van der Waals surface area contributed by atoms with Gasteiger partial charge in [-0.15, -0.1) is 23.1 Å². The van der Waals surface area contributed by atoms with E-state index >= 15 is 0 Å². The molecule has 1 nitrogen and oxygen atoms in total. The SMILES string of the molecule is Cc1cccc(SCC(=O)c2sccc2Br)c1. The van der Waals surface area contributed by atoms with Crippen LogP contribution < -0.4 is 0 Å². The van der Waals surface area contributed by atoms with E-state index in [1.807, 2.05) is 23.6 Å². The van der Waals surface area contributed by atoms with Crippen molar-refractivity contribution in [3.63, 3.8) is 0 Å². The van der Waals surface area contributed by atoms with Gasteiger partial charge in [-0.25, -0.2) is 0 Å². The Kier molecular flexibility index (Phi) is 4.42. The van der Waals surface area contributed by atoms with Crippen LogP contribution in [0.15, 0.2) is 45.1 Å². The molecule has 1 aromatic heterocycles. The zero-order valence-electron chi connectivity index (χ0n) is 9.27. The zero-order chi connectivity index (χ0) is 12.3. The lowest BCUT2D eigenvalue weighted by atomic mass is 10.2. The van der Waals surface area contributed by atoms with Gasteiger partial charge in [0.25, 0.3) is 0 Å². The number of hydrogen-bond acceptors (Lipinski definition) is 3. The number of benzene rings is 1. The van der Waals surface area contributed by atoms with Crippen LogP contribution in [0.5, 0.6) is 0 Å². The van der Waals surface area contributed by atoms with Gasteiger partial charge in [-0.05, 0) is 46.4 Å². The molecule has 0 atom stereocenters. The van der Waals surface area contributed by atoms with Gasteiger partial charge in [-0.2, -0.15) is 0 Å². The first-order valence-corrected chi connectivity index (χ1v) is 7.78. The first kappa shape index (κ1) is 12.9. The van der Waals surface area contributed by atoms with Crippen molar-refractivity contribution in [1.29, 1.82) is 0 Å². The first-order chi connectivity index (χ1) is 8.16. The highest BCUT2D eigenvalue weighted by Crippen LogP contribution is 2.26. The van der Waals surface area contributed by atoms with Gasteiger partial charge in [0.2, 0.25) is 0 Å². The second-order valence-electron chi connectivity index (χ2n) is 3.63. The summed E-state index contributed by atoms with van der Waals surface area (Å²) in [5.74, 6) is 0.668. The first-order valence-electron chi connectivity index (χ1n) is 5.12. The van der Waals surface area contributed by atoms with Gasteiger partial charge in [0.05, 0.1) is 10.6 Å². The van der Waals surface area contributed by atoms with Gasteiger partial charge in [0.1, 0.15) is 0 Å². The monoisotopic (exact) mass is 326 g/mol. The van der Waals surface area contributed by atoms with Crippen LogP contribution in [0.2, 0.25) is 0 Å². The predicted molar refractivity (Wildman–Crippen MR) is 78.3 cm³/mol. The quantitative estimate of drug-likeness (QED) is 0.593. The second kappa shape index (κ2) is 5.85. The van der Waals surface area contributed by atoms with E-state index in [-0.39, 0.29) is 5.78 Å². The average Bonchev–Trinajstić information content (AvgIpc) is 2.72. The molecule has 0 unspecified atom stereocenters. The van der Waals surface area contributed by atoms with E-state index in [1.165, 1.54) is 16.9 Å². The Bertz CT molecular complexity index is 534. The van der Waals surface area contributed by atoms with Gasteiger partial charge in [-0.1, -0.05) is 17.7 Å². The highest BCUT2D eigenvalue weighted by molar-refractivity contribution is 9.10. The van der Waals surface area contributed by atoms with Crippen molar-refractivity contribution < 1.29 is 4.79 Å². The fraction of sp³-hybridized carbons (Fsp3) is 0.154. The maximum atomic E-state index is 11.9. The summed E-state index contributed by atoms with van der Waals surface area (Å²) in [7, 11) is 0. The molecule has 0 radical (unpaired) electrons. The number of carbonyl (C=O) groups excluding carboxylic acids is 1. The Hall–Kier alpha value is -0.580. The van der Waals surface area contributed by atoms with Crippen molar-refractivity contribution in [3.8, 4) is 0 Å². The van der Waals surface area contributed by atoms with Crippen LogP contribution in [0.4, 0.5) is 0 Å². The van der Waals surface area contributed by atoms with Crippen molar-refractivity contribution in [1.82, 2.24) is 0 Å². The van der Waals surface area contributed by atoms with E-state index in [0.717, 1.165) is 14.2 Å². The Morgan fingerprint density at radius 2 is 2.24 bits per heavy atom. The zero-order valence-corrected chi connectivity index (χ0v) is 12.5. The van der Waals surface area contributed by atoms with E-state index < -0.39 is 0 Å². The second-order valence-corrected chi connectivity index (χ2v) is 6.45. The summed E-state index contributed by atoms with van der Waals surface area (Å²) in [5, 5.41) is 1.93. The van der Waals surface area contributed by atoms with Crippen LogP contribution >= 0.6 is 39.0 Å². The molecule has 88 valence electrons. The molecule has 2 rings (SSSR count). The number of ketones is 1. The molecular formula is C13H11BrOS2. The van der Waals surface area contributed by atoms with Crippen molar-refractivity contribution in [2.75, 3.05) is 5.75 Å². The summed E-state index contributed by atoms with van der Waals surface area (Å²) >= 11 is 6.46. The van der Waals surface area contributed by atoms with Gasteiger partial charge < -0.3 is 0 Å². The Morgan fingerprint density at radius 3 is 2.88 bits per heavy atom. The van der Waals surface area contributed by atoms with Crippen molar-refractivity contribution >= 4 is 44.8 Å². The summed E-state index contributed by atoms with van der Waals surface area (Å²) in [6.07, 6.45) is 0. The van der Waals surface area contributed by atoms with Gasteiger partial charge in [0, 0.05) is 9.37 Å². The number of halogens is 1. The number of thiophene rings is 1. The van der Waals surface area contributed by atoms with Crippen LogP contribution in [0.25, 0.3) is 0 Å². The summed E-state index contributed by atoms with van der Waals surface area (Å²) < 4.78 is 0.900. The fourth-order valence-corrected chi connectivity index (χ4v) is 3.92.